The molecule has 0 saturated carbocycles. The summed E-state index contributed by atoms with van der Waals surface area (Å²) in [6.07, 6.45) is 4.40. The fourth-order valence-corrected chi connectivity index (χ4v) is 2.25. The van der Waals surface area contributed by atoms with Crippen molar-refractivity contribution in [2.24, 2.45) is 4.99 Å². The number of rotatable bonds is 1. The average molecular weight is 322 g/mol. The van der Waals surface area contributed by atoms with Gasteiger partial charge in [0.1, 0.15) is 15.1 Å². The van der Waals surface area contributed by atoms with E-state index in [-0.39, 0.29) is 0 Å². The molecule has 2 aromatic rings. The number of halogens is 1. The summed E-state index contributed by atoms with van der Waals surface area (Å²) < 4.78 is 0.886. The van der Waals surface area contributed by atoms with Gasteiger partial charge in [0.25, 0.3) is 0 Å². The van der Waals surface area contributed by atoms with E-state index in [2.05, 4.69) is 42.5 Å². The second-order valence-electron chi connectivity index (χ2n) is 3.36. The molecule has 3 heterocycles. The van der Waals surface area contributed by atoms with Crippen molar-refractivity contribution in [3.05, 3.63) is 33.8 Å². The number of aliphatic imine (C=N–C) groups is 1. The molecule has 0 saturated heterocycles. The van der Waals surface area contributed by atoms with E-state index in [4.69, 9.17) is 0 Å². The molecule has 0 spiro atoms. The van der Waals surface area contributed by atoms with Gasteiger partial charge in [0.15, 0.2) is 5.82 Å². The molecule has 4 nitrogen and oxygen atoms in total. The highest BCUT2D eigenvalue weighted by Gasteiger charge is 2.15. The Bertz CT molecular complexity index is 566. The first-order chi connectivity index (χ1) is 7.84. The Kier molecular flexibility index (Phi) is 2.39. The summed E-state index contributed by atoms with van der Waals surface area (Å²) in [5, 5.41) is 0. The van der Waals surface area contributed by atoms with E-state index >= 15 is 0 Å². The molecule has 0 aromatic carbocycles. The van der Waals surface area contributed by atoms with E-state index in [0.717, 1.165) is 27.2 Å². The van der Waals surface area contributed by atoms with E-state index in [0.29, 0.717) is 5.82 Å². The van der Waals surface area contributed by atoms with Crippen molar-refractivity contribution in [2.75, 3.05) is 0 Å². The zero-order valence-corrected chi connectivity index (χ0v) is 10.4. The summed E-state index contributed by atoms with van der Waals surface area (Å²) in [6, 6.07) is 5.72. The van der Waals surface area contributed by atoms with Crippen LogP contribution in [0.1, 0.15) is 5.69 Å². The fraction of sp³-hybridized carbons (Fsp3) is 0.0909. The van der Waals surface area contributed by atoms with E-state index in [1.165, 1.54) is 0 Å². The van der Waals surface area contributed by atoms with Crippen molar-refractivity contribution in [3.63, 3.8) is 0 Å². The van der Waals surface area contributed by atoms with Gasteiger partial charge in [-0.25, -0.2) is 9.97 Å². The minimum Gasteiger partial charge on any atom is -0.256 e. The van der Waals surface area contributed by atoms with E-state index in [9.17, 15) is 0 Å². The Hall–Kier alpha value is -1.37. The second-order valence-corrected chi connectivity index (χ2v) is 4.39. The quantitative estimate of drug-likeness (QED) is 0.598. The molecule has 1 aliphatic rings. The first kappa shape index (κ1) is 9.83. The summed E-state index contributed by atoms with van der Waals surface area (Å²) in [5.41, 5.74) is 2.69. The van der Waals surface area contributed by atoms with Crippen molar-refractivity contribution in [2.45, 2.75) is 6.42 Å². The normalized spacial score (nSPS) is 12.8. The smallest absolute Gasteiger partial charge is 0.179 e. The molecule has 1 aliphatic heterocycles. The maximum Gasteiger partial charge on any atom is 0.179 e. The van der Waals surface area contributed by atoms with Crippen LogP contribution in [-0.2, 0) is 6.42 Å². The first-order valence-corrected chi connectivity index (χ1v) is 5.93. The van der Waals surface area contributed by atoms with Crippen molar-refractivity contribution < 1.29 is 0 Å². The van der Waals surface area contributed by atoms with Gasteiger partial charge < -0.3 is 0 Å². The predicted octanol–water partition coefficient (Wildman–Crippen LogP) is 2.40. The third-order valence-corrected chi connectivity index (χ3v) is 3.06. The van der Waals surface area contributed by atoms with Gasteiger partial charge in [0, 0.05) is 18.8 Å². The largest absolute Gasteiger partial charge is 0.256 e. The summed E-state index contributed by atoms with van der Waals surface area (Å²) in [5.74, 6) is 0.675. The third kappa shape index (κ3) is 1.60. The van der Waals surface area contributed by atoms with Crippen LogP contribution in [0.15, 0.2) is 29.4 Å². The van der Waals surface area contributed by atoms with Crippen LogP contribution < -0.4 is 0 Å². The van der Waals surface area contributed by atoms with Gasteiger partial charge in [0.05, 0.1) is 5.69 Å². The van der Waals surface area contributed by atoms with Crippen LogP contribution in [0.3, 0.4) is 0 Å². The molecule has 0 amide bonds. The number of hydrogen-bond donors (Lipinski definition) is 0. The lowest BCUT2D eigenvalue weighted by Crippen LogP contribution is -1.97. The molecule has 3 rings (SSSR count). The molecule has 0 aliphatic carbocycles. The van der Waals surface area contributed by atoms with Gasteiger partial charge in [-0.1, -0.05) is 6.07 Å². The molecule has 2 aromatic heterocycles. The number of nitrogens with zero attached hydrogens (tertiary/aromatic N) is 4. The minimum absolute atomic E-state index is 0.675. The summed E-state index contributed by atoms with van der Waals surface area (Å²) in [7, 11) is 0. The van der Waals surface area contributed by atoms with Gasteiger partial charge >= 0.3 is 0 Å². The highest BCUT2D eigenvalue weighted by molar-refractivity contribution is 14.1. The highest BCUT2D eigenvalue weighted by Crippen LogP contribution is 2.28. The Labute approximate surface area is 106 Å². The molecular formula is C11H7IN4. The fourth-order valence-electron chi connectivity index (χ4n) is 1.57. The van der Waals surface area contributed by atoms with Gasteiger partial charge in [0.2, 0.25) is 0 Å². The maximum atomic E-state index is 4.48. The Morgan fingerprint density at radius 1 is 1.19 bits per heavy atom. The lowest BCUT2D eigenvalue weighted by molar-refractivity contribution is 1.06. The Morgan fingerprint density at radius 3 is 2.94 bits per heavy atom. The lowest BCUT2D eigenvalue weighted by atomic mass is 10.3. The third-order valence-electron chi connectivity index (χ3n) is 2.31. The predicted molar refractivity (Wildman–Crippen MR) is 69.8 cm³/mol. The molecule has 0 radical (unpaired) electrons. The van der Waals surface area contributed by atoms with Crippen LogP contribution in [0.2, 0.25) is 0 Å². The molecule has 0 bridgehead atoms. The number of aromatic nitrogens is 3. The average Bonchev–Trinajstić information content (AvgIpc) is 2.79. The van der Waals surface area contributed by atoms with E-state index < -0.39 is 0 Å². The molecular weight excluding hydrogens is 315 g/mol. The SMILES string of the molecule is Ic1nc(-c2ccccn2)nc2c1N=CC2. The molecule has 0 unspecified atom stereocenters. The van der Waals surface area contributed by atoms with Crippen LogP contribution in [0.25, 0.3) is 11.5 Å². The standard InChI is InChI=1S/C11H7IN4/c12-10-9-7(4-6-14-9)15-11(16-10)8-3-1-2-5-13-8/h1-3,5-6H,4H2. The zero-order valence-electron chi connectivity index (χ0n) is 8.26. The summed E-state index contributed by atoms with van der Waals surface area (Å²) in [4.78, 5) is 17.4. The highest BCUT2D eigenvalue weighted by atomic mass is 127. The van der Waals surface area contributed by atoms with Gasteiger partial charge in [-0.15, -0.1) is 0 Å². The minimum atomic E-state index is 0.675. The Morgan fingerprint density at radius 2 is 2.12 bits per heavy atom. The number of pyridine rings is 1. The second kappa shape index (κ2) is 3.89. The monoisotopic (exact) mass is 322 g/mol. The first-order valence-electron chi connectivity index (χ1n) is 4.85. The molecule has 78 valence electrons. The molecule has 5 heteroatoms. The molecule has 16 heavy (non-hydrogen) atoms. The molecule has 0 atom stereocenters. The van der Waals surface area contributed by atoms with Crippen molar-refractivity contribution >= 4 is 34.5 Å². The van der Waals surface area contributed by atoms with E-state index in [1.807, 2.05) is 24.4 Å². The van der Waals surface area contributed by atoms with Crippen LogP contribution >= 0.6 is 22.6 Å². The van der Waals surface area contributed by atoms with Gasteiger partial charge in [-0.2, -0.15) is 0 Å². The van der Waals surface area contributed by atoms with Crippen LogP contribution in [0.5, 0.6) is 0 Å². The zero-order chi connectivity index (χ0) is 11.0. The van der Waals surface area contributed by atoms with Crippen LogP contribution in [-0.4, -0.2) is 21.2 Å². The number of hydrogen-bond acceptors (Lipinski definition) is 4. The van der Waals surface area contributed by atoms with Crippen molar-refractivity contribution in [1.82, 2.24) is 15.0 Å². The van der Waals surface area contributed by atoms with Gasteiger partial charge in [-0.05, 0) is 34.7 Å². The van der Waals surface area contributed by atoms with Gasteiger partial charge in [-0.3, -0.25) is 9.98 Å². The van der Waals surface area contributed by atoms with E-state index in [1.54, 1.807) is 6.20 Å². The van der Waals surface area contributed by atoms with Crippen molar-refractivity contribution in [3.8, 4) is 11.5 Å². The van der Waals surface area contributed by atoms with Crippen LogP contribution in [0.4, 0.5) is 5.69 Å². The Balaban J connectivity index is 2.15. The maximum absolute atomic E-state index is 4.48. The summed E-state index contributed by atoms with van der Waals surface area (Å²) >= 11 is 2.19. The van der Waals surface area contributed by atoms with Crippen LogP contribution in [0, 0.1) is 3.70 Å². The molecule has 0 N–H and O–H groups in total. The topological polar surface area (TPSA) is 51.0 Å². The lowest BCUT2D eigenvalue weighted by Gasteiger charge is -2.03. The number of fused-ring (bicyclic) bond motifs is 1. The molecule has 0 fully saturated rings. The van der Waals surface area contributed by atoms with Crippen molar-refractivity contribution in [1.29, 1.82) is 0 Å². The summed E-state index contributed by atoms with van der Waals surface area (Å²) in [6.45, 7) is 0.